The molecule has 86 valence electrons. The molecule has 0 atom stereocenters. The first-order chi connectivity index (χ1) is 7.72. The molecule has 0 spiro atoms. The highest BCUT2D eigenvalue weighted by atomic mass is 14.2. The maximum atomic E-state index is 2.37. The Bertz CT molecular complexity index is 410. The summed E-state index contributed by atoms with van der Waals surface area (Å²) in [5.74, 6) is 0. The Morgan fingerprint density at radius 2 is 1.94 bits per heavy atom. The van der Waals surface area contributed by atoms with Crippen molar-refractivity contribution in [1.82, 2.24) is 0 Å². The molecular formula is C16H22. The fraction of sp³-hybridized carbons (Fsp3) is 0.500. The molecule has 1 aromatic carbocycles. The van der Waals surface area contributed by atoms with Gasteiger partial charge in [-0.2, -0.15) is 0 Å². The van der Waals surface area contributed by atoms with Gasteiger partial charge in [-0.3, -0.25) is 0 Å². The normalized spacial score (nSPS) is 13.8. The van der Waals surface area contributed by atoms with Gasteiger partial charge in [-0.15, -0.1) is 0 Å². The van der Waals surface area contributed by atoms with Crippen molar-refractivity contribution in [3.8, 4) is 0 Å². The average molecular weight is 214 g/mol. The van der Waals surface area contributed by atoms with Crippen molar-refractivity contribution < 1.29 is 0 Å². The Balaban J connectivity index is 2.21. The van der Waals surface area contributed by atoms with Gasteiger partial charge in [0.1, 0.15) is 0 Å². The van der Waals surface area contributed by atoms with Gasteiger partial charge >= 0.3 is 0 Å². The Morgan fingerprint density at radius 3 is 2.69 bits per heavy atom. The van der Waals surface area contributed by atoms with E-state index >= 15 is 0 Å². The maximum Gasteiger partial charge on any atom is -0.00578 e. The lowest BCUT2D eigenvalue weighted by Gasteiger charge is -2.10. The average Bonchev–Trinajstić information content (AvgIpc) is 2.65. The first-order valence-electron chi connectivity index (χ1n) is 6.51. The summed E-state index contributed by atoms with van der Waals surface area (Å²) in [6.45, 7) is 6.74. The highest BCUT2D eigenvalue weighted by molar-refractivity contribution is 5.67. The minimum Gasteiger partial charge on any atom is -0.0683 e. The molecule has 0 radical (unpaired) electrons. The molecule has 0 unspecified atom stereocenters. The fourth-order valence-corrected chi connectivity index (χ4v) is 2.61. The molecule has 0 saturated heterocycles. The first-order valence-corrected chi connectivity index (χ1v) is 6.51. The Kier molecular flexibility index (Phi) is 3.48. The van der Waals surface area contributed by atoms with Crippen LogP contribution in [0.15, 0.2) is 17.7 Å². The van der Waals surface area contributed by atoms with Gasteiger partial charge in [0.25, 0.3) is 0 Å². The lowest BCUT2D eigenvalue weighted by atomic mass is 9.95. The minimum atomic E-state index is 1.18. The molecule has 0 aromatic heterocycles. The van der Waals surface area contributed by atoms with Crippen LogP contribution in [0.1, 0.15) is 55.4 Å². The smallest absolute Gasteiger partial charge is 0.00578 e. The van der Waals surface area contributed by atoms with Gasteiger partial charge in [-0.1, -0.05) is 43.5 Å². The molecule has 1 aliphatic carbocycles. The van der Waals surface area contributed by atoms with Gasteiger partial charge < -0.3 is 0 Å². The van der Waals surface area contributed by atoms with Crippen molar-refractivity contribution in [1.29, 1.82) is 0 Å². The molecule has 0 fully saturated rings. The highest BCUT2D eigenvalue weighted by Gasteiger charge is 2.15. The van der Waals surface area contributed by atoms with Crippen LogP contribution in [0.4, 0.5) is 0 Å². The van der Waals surface area contributed by atoms with Crippen LogP contribution in [0.3, 0.4) is 0 Å². The number of fused-ring (bicyclic) bond motifs is 1. The summed E-state index contributed by atoms with van der Waals surface area (Å²) in [6, 6.07) is 4.63. The van der Waals surface area contributed by atoms with E-state index < -0.39 is 0 Å². The highest BCUT2D eigenvalue weighted by Crippen LogP contribution is 2.31. The van der Waals surface area contributed by atoms with Crippen molar-refractivity contribution in [2.75, 3.05) is 0 Å². The van der Waals surface area contributed by atoms with E-state index in [2.05, 4.69) is 39.0 Å². The summed E-state index contributed by atoms with van der Waals surface area (Å²) in [5.41, 5.74) is 7.65. The third-order valence-electron chi connectivity index (χ3n) is 3.57. The van der Waals surface area contributed by atoms with Crippen molar-refractivity contribution in [2.24, 2.45) is 0 Å². The number of allylic oxidation sites excluding steroid dienone is 1. The summed E-state index contributed by atoms with van der Waals surface area (Å²) < 4.78 is 0. The molecule has 0 aliphatic heterocycles. The monoisotopic (exact) mass is 214 g/mol. The van der Waals surface area contributed by atoms with Gasteiger partial charge in [0.15, 0.2) is 0 Å². The molecule has 0 nitrogen and oxygen atoms in total. The fourth-order valence-electron chi connectivity index (χ4n) is 2.61. The van der Waals surface area contributed by atoms with Crippen LogP contribution in [-0.2, 0) is 12.8 Å². The topological polar surface area (TPSA) is 0 Å². The number of hydrogen-bond acceptors (Lipinski definition) is 0. The SMILES string of the molecule is CCCCCc1ccc(C)c2c1CC(C)=C2. The second-order valence-electron chi connectivity index (χ2n) is 5.06. The molecule has 0 bridgehead atoms. The predicted molar refractivity (Wildman–Crippen MR) is 71.8 cm³/mol. The van der Waals surface area contributed by atoms with Crippen LogP contribution in [-0.4, -0.2) is 0 Å². The molecule has 0 saturated carbocycles. The van der Waals surface area contributed by atoms with Gasteiger partial charge in [-0.25, -0.2) is 0 Å². The van der Waals surface area contributed by atoms with Crippen LogP contribution < -0.4 is 0 Å². The summed E-state index contributed by atoms with van der Waals surface area (Å²) in [5, 5.41) is 0. The third kappa shape index (κ3) is 2.21. The number of benzene rings is 1. The Hall–Kier alpha value is -1.04. The number of hydrogen-bond donors (Lipinski definition) is 0. The zero-order valence-corrected chi connectivity index (χ0v) is 10.8. The molecule has 0 amide bonds. The molecule has 0 heterocycles. The van der Waals surface area contributed by atoms with E-state index in [-0.39, 0.29) is 0 Å². The van der Waals surface area contributed by atoms with Crippen LogP contribution in [0.25, 0.3) is 6.08 Å². The molecule has 1 aromatic rings. The zero-order valence-electron chi connectivity index (χ0n) is 10.8. The number of rotatable bonds is 4. The second kappa shape index (κ2) is 4.86. The van der Waals surface area contributed by atoms with E-state index in [1.54, 1.807) is 11.1 Å². The summed E-state index contributed by atoms with van der Waals surface area (Å²) in [7, 11) is 0. The third-order valence-corrected chi connectivity index (χ3v) is 3.57. The molecular weight excluding hydrogens is 192 g/mol. The van der Waals surface area contributed by atoms with E-state index in [0.29, 0.717) is 0 Å². The zero-order chi connectivity index (χ0) is 11.5. The van der Waals surface area contributed by atoms with E-state index in [1.807, 2.05) is 0 Å². The predicted octanol–water partition coefficient (Wildman–Crippen LogP) is 4.69. The lowest BCUT2D eigenvalue weighted by Crippen LogP contribution is -1.96. The number of unbranched alkanes of at least 4 members (excludes halogenated alkanes) is 2. The van der Waals surface area contributed by atoms with Gasteiger partial charge in [-0.05, 0) is 55.4 Å². The van der Waals surface area contributed by atoms with E-state index in [4.69, 9.17) is 0 Å². The minimum absolute atomic E-state index is 1.18. The van der Waals surface area contributed by atoms with E-state index in [0.717, 1.165) is 0 Å². The van der Waals surface area contributed by atoms with Crippen molar-refractivity contribution >= 4 is 6.08 Å². The molecule has 0 N–H and O–H groups in total. The maximum absolute atomic E-state index is 2.37. The summed E-state index contributed by atoms with van der Waals surface area (Å²) in [6.07, 6.45) is 8.81. The van der Waals surface area contributed by atoms with Gasteiger partial charge in [0.2, 0.25) is 0 Å². The first kappa shape index (κ1) is 11.4. The lowest BCUT2D eigenvalue weighted by molar-refractivity contribution is 0.714. The van der Waals surface area contributed by atoms with E-state index in [9.17, 15) is 0 Å². The van der Waals surface area contributed by atoms with E-state index in [1.165, 1.54) is 48.8 Å². The van der Waals surface area contributed by atoms with Gasteiger partial charge in [0, 0.05) is 0 Å². The van der Waals surface area contributed by atoms with Crippen LogP contribution in [0, 0.1) is 6.92 Å². The Labute approximate surface area is 99.4 Å². The Morgan fingerprint density at radius 1 is 1.12 bits per heavy atom. The summed E-state index contributed by atoms with van der Waals surface area (Å²) >= 11 is 0. The molecule has 2 rings (SSSR count). The molecule has 16 heavy (non-hydrogen) atoms. The largest absolute Gasteiger partial charge is 0.0683 e. The van der Waals surface area contributed by atoms with Crippen LogP contribution >= 0.6 is 0 Å². The van der Waals surface area contributed by atoms with Crippen molar-refractivity contribution in [2.45, 2.75) is 52.9 Å². The summed E-state index contributed by atoms with van der Waals surface area (Å²) in [4.78, 5) is 0. The quantitative estimate of drug-likeness (QED) is 0.638. The number of aryl methyl sites for hydroxylation is 2. The standard InChI is InChI=1S/C16H22/c1-4-5-6-7-14-9-8-13(3)15-10-12(2)11-16(14)15/h8-10H,4-7,11H2,1-3H3. The van der Waals surface area contributed by atoms with Gasteiger partial charge in [0.05, 0.1) is 0 Å². The molecule has 0 heteroatoms. The van der Waals surface area contributed by atoms with Crippen molar-refractivity contribution in [3.05, 3.63) is 40.0 Å². The van der Waals surface area contributed by atoms with Crippen LogP contribution in [0.2, 0.25) is 0 Å². The van der Waals surface area contributed by atoms with Crippen molar-refractivity contribution in [3.63, 3.8) is 0 Å². The molecule has 1 aliphatic rings. The second-order valence-corrected chi connectivity index (χ2v) is 5.06. The van der Waals surface area contributed by atoms with Crippen LogP contribution in [0.5, 0.6) is 0 Å².